The maximum Gasteiger partial charge on any atom is 0.347 e. The van der Waals surface area contributed by atoms with Gasteiger partial charge in [0.15, 0.2) is 5.13 Å². The number of carboxylic acids is 1. The van der Waals surface area contributed by atoms with Crippen molar-refractivity contribution in [3.63, 3.8) is 0 Å². The molecule has 0 bridgehead atoms. The van der Waals surface area contributed by atoms with Crippen LogP contribution in [0.5, 0.6) is 0 Å². The highest BCUT2D eigenvalue weighted by Gasteiger charge is 2.16. The predicted octanol–water partition coefficient (Wildman–Crippen LogP) is 3.57. The number of carboxylic acid groups (broad SMARTS) is 1. The van der Waals surface area contributed by atoms with Crippen molar-refractivity contribution in [2.45, 2.75) is 6.92 Å². The second-order valence-corrected chi connectivity index (χ2v) is 5.17. The largest absolute Gasteiger partial charge is 0.477 e. The fourth-order valence-corrected chi connectivity index (χ4v) is 2.51. The van der Waals surface area contributed by atoms with Gasteiger partial charge in [0.2, 0.25) is 0 Å². The van der Waals surface area contributed by atoms with E-state index in [2.05, 4.69) is 4.98 Å². The Bertz CT molecular complexity index is 580. The van der Waals surface area contributed by atoms with Crippen molar-refractivity contribution in [3.05, 3.63) is 39.9 Å². The van der Waals surface area contributed by atoms with Crippen LogP contribution in [0.2, 0.25) is 5.02 Å². The van der Waals surface area contributed by atoms with Gasteiger partial charge in [-0.1, -0.05) is 22.9 Å². The molecule has 0 unspecified atom stereocenters. The Balaban J connectivity index is 2.34. The Morgan fingerprint density at radius 3 is 2.50 bits per heavy atom. The number of benzene rings is 1. The van der Waals surface area contributed by atoms with Gasteiger partial charge in [0.1, 0.15) is 4.88 Å². The molecule has 1 heterocycles. The lowest BCUT2D eigenvalue weighted by Gasteiger charge is -2.15. The molecule has 0 atom stereocenters. The smallest absolute Gasteiger partial charge is 0.347 e. The third-order valence-electron chi connectivity index (χ3n) is 2.48. The minimum atomic E-state index is -0.944. The highest BCUT2D eigenvalue weighted by atomic mass is 35.5. The standard InChI is InChI=1S/C12H11ClN2O2S/c1-7-10(11(16)17)18-12(14-7)15(2)9-5-3-8(13)4-6-9/h3-6H,1-2H3,(H,16,17). The molecule has 0 aliphatic carbocycles. The molecule has 0 saturated carbocycles. The summed E-state index contributed by atoms with van der Waals surface area (Å²) in [5.74, 6) is -0.944. The Morgan fingerprint density at radius 1 is 1.39 bits per heavy atom. The normalized spacial score (nSPS) is 10.4. The number of rotatable bonds is 3. The SMILES string of the molecule is Cc1nc(N(C)c2ccc(Cl)cc2)sc1C(=O)O. The third-order valence-corrected chi connectivity index (χ3v) is 3.95. The van der Waals surface area contributed by atoms with Crippen LogP contribution in [-0.2, 0) is 0 Å². The van der Waals surface area contributed by atoms with Crippen molar-refractivity contribution < 1.29 is 9.90 Å². The number of nitrogens with zero attached hydrogens (tertiary/aromatic N) is 2. The number of hydrogen-bond donors (Lipinski definition) is 1. The van der Waals surface area contributed by atoms with Crippen LogP contribution in [0.3, 0.4) is 0 Å². The van der Waals surface area contributed by atoms with Gasteiger partial charge >= 0.3 is 5.97 Å². The highest BCUT2D eigenvalue weighted by Crippen LogP contribution is 2.30. The molecule has 2 rings (SSSR count). The Morgan fingerprint density at radius 2 is 2.00 bits per heavy atom. The first-order valence-electron chi connectivity index (χ1n) is 5.19. The molecule has 4 nitrogen and oxygen atoms in total. The molecule has 0 aliphatic rings. The molecular weight excluding hydrogens is 272 g/mol. The van der Waals surface area contributed by atoms with E-state index in [1.807, 2.05) is 24.1 Å². The molecule has 2 aromatic rings. The molecule has 6 heteroatoms. The zero-order chi connectivity index (χ0) is 13.3. The maximum atomic E-state index is 11.0. The number of hydrogen-bond acceptors (Lipinski definition) is 4. The van der Waals surface area contributed by atoms with Crippen LogP contribution in [0.4, 0.5) is 10.8 Å². The van der Waals surface area contributed by atoms with Gasteiger partial charge in [-0.2, -0.15) is 0 Å². The molecule has 94 valence electrons. The van der Waals surface area contributed by atoms with E-state index in [-0.39, 0.29) is 4.88 Å². The van der Waals surface area contributed by atoms with Crippen LogP contribution >= 0.6 is 22.9 Å². The number of thiazole rings is 1. The molecule has 18 heavy (non-hydrogen) atoms. The first-order valence-corrected chi connectivity index (χ1v) is 6.38. The summed E-state index contributed by atoms with van der Waals surface area (Å²) in [7, 11) is 1.84. The highest BCUT2D eigenvalue weighted by molar-refractivity contribution is 7.17. The summed E-state index contributed by atoms with van der Waals surface area (Å²) in [6, 6.07) is 7.29. The zero-order valence-corrected chi connectivity index (χ0v) is 11.4. The van der Waals surface area contributed by atoms with E-state index in [0.29, 0.717) is 15.8 Å². The summed E-state index contributed by atoms with van der Waals surface area (Å²) in [5, 5.41) is 10.3. The predicted molar refractivity (Wildman–Crippen MR) is 73.3 cm³/mol. The molecule has 0 amide bonds. The number of aryl methyl sites for hydroxylation is 1. The van der Waals surface area contributed by atoms with Crippen LogP contribution in [0.25, 0.3) is 0 Å². The van der Waals surface area contributed by atoms with Gasteiger partial charge in [0.25, 0.3) is 0 Å². The van der Waals surface area contributed by atoms with Crippen LogP contribution in [-0.4, -0.2) is 23.1 Å². The fraction of sp³-hybridized carbons (Fsp3) is 0.167. The molecule has 0 aliphatic heterocycles. The lowest BCUT2D eigenvalue weighted by atomic mass is 10.3. The molecular formula is C12H11ClN2O2S. The van der Waals surface area contributed by atoms with Crippen molar-refractivity contribution in [1.29, 1.82) is 0 Å². The van der Waals surface area contributed by atoms with Crippen molar-refractivity contribution in [1.82, 2.24) is 4.98 Å². The molecule has 0 radical (unpaired) electrons. The molecule has 0 saturated heterocycles. The molecule has 0 fully saturated rings. The first-order chi connectivity index (χ1) is 8.49. The van der Waals surface area contributed by atoms with Crippen molar-refractivity contribution in [3.8, 4) is 0 Å². The van der Waals surface area contributed by atoms with Gasteiger partial charge in [-0.25, -0.2) is 9.78 Å². The summed E-state index contributed by atoms with van der Waals surface area (Å²) < 4.78 is 0. The second kappa shape index (κ2) is 4.96. The Kier molecular flexibility index (Phi) is 3.54. The summed E-state index contributed by atoms with van der Waals surface area (Å²) in [4.78, 5) is 17.3. The van der Waals surface area contributed by atoms with Gasteiger partial charge in [-0.15, -0.1) is 0 Å². The van der Waals surface area contributed by atoms with Gasteiger partial charge in [-0.05, 0) is 31.2 Å². The summed E-state index contributed by atoms with van der Waals surface area (Å²) in [6.45, 7) is 1.69. The van der Waals surface area contributed by atoms with Crippen molar-refractivity contribution in [2.24, 2.45) is 0 Å². The molecule has 1 N–H and O–H groups in total. The number of carbonyl (C=O) groups is 1. The molecule has 1 aromatic carbocycles. The van der Waals surface area contributed by atoms with E-state index in [1.54, 1.807) is 19.1 Å². The van der Waals surface area contributed by atoms with Gasteiger partial charge < -0.3 is 10.0 Å². The van der Waals surface area contributed by atoms with E-state index in [4.69, 9.17) is 16.7 Å². The van der Waals surface area contributed by atoms with Crippen molar-refractivity contribution in [2.75, 3.05) is 11.9 Å². The van der Waals surface area contributed by atoms with Crippen molar-refractivity contribution >= 4 is 39.7 Å². The Labute approximate surface area is 113 Å². The summed E-state index contributed by atoms with van der Waals surface area (Å²) in [6.07, 6.45) is 0. The lowest BCUT2D eigenvalue weighted by Crippen LogP contribution is -2.08. The van der Waals surface area contributed by atoms with E-state index in [0.717, 1.165) is 17.0 Å². The fourth-order valence-electron chi connectivity index (χ4n) is 1.50. The Hall–Kier alpha value is -1.59. The first kappa shape index (κ1) is 12.9. The van der Waals surface area contributed by atoms with E-state index in [1.165, 1.54) is 0 Å². The summed E-state index contributed by atoms with van der Waals surface area (Å²) >= 11 is 6.98. The van der Waals surface area contributed by atoms with E-state index in [9.17, 15) is 4.79 Å². The second-order valence-electron chi connectivity index (χ2n) is 3.75. The van der Waals surface area contributed by atoms with Crippen LogP contribution in [0.1, 0.15) is 15.4 Å². The van der Waals surface area contributed by atoms with Crippen LogP contribution < -0.4 is 4.90 Å². The maximum absolute atomic E-state index is 11.0. The minimum absolute atomic E-state index is 0.269. The quantitative estimate of drug-likeness (QED) is 0.935. The van der Waals surface area contributed by atoms with Gasteiger partial charge in [-0.3, -0.25) is 0 Å². The zero-order valence-electron chi connectivity index (χ0n) is 9.85. The molecule has 0 spiro atoms. The van der Waals surface area contributed by atoms with E-state index < -0.39 is 5.97 Å². The van der Waals surface area contributed by atoms with Crippen LogP contribution in [0.15, 0.2) is 24.3 Å². The molecule has 1 aromatic heterocycles. The van der Waals surface area contributed by atoms with E-state index >= 15 is 0 Å². The van der Waals surface area contributed by atoms with Gasteiger partial charge in [0.05, 0.1) is 5.69 Å². The summed E-state index contributed by atoms with van der Waals surface area (Å²) in [5.41, 5.74) is 1.44. The lowest BCUT2D eigenvalue weighted by molar-refractivity contribution is 0.0701. The minimum Gasteiger partial charge on any atom is -0.477 e. The number of halogens is 1. The number of aromatic carboxylic acids is 1. The average Bonchev–Trinajstić information content (AvgIpc) is 2.71. The number of anilines is 2. The average molecular weight is 283 g/mol. The topological polar surface area (TPSA) is 53.4 Å². The third kappa shape index (κ3) is 2.47. The monoisotopic (exact) mass is 282 g/mol. The van der Waals surface area contributed by atoms with Crippen LogP contribution in [0, 0.1) is 6.92 Å². The van der Waals surface area contributed by atoms with Gasteiger partial charge in [0, 0.05) is 17.8 Å². The number of aromatic nitrogens is 1.